The number of carbonyl (C=O) groups excluding carboxylic acids is 1. The number of hydrogen-bond donors (Lipinski definition) is 0. The zero-order valence-corrected chi connectivity index (χ0v) is 8.72. The van der Waals surface area contributed by atoms with Gasteiger partial charge in [-0.15, -0.1) is 11.3 Å². The molecular formula is C10H9NO2S. The minimum atomic E-state index is -0.299. The first kappa shape index (κ1) is 9.15. The van der Waals surface area contributed by atoms with E-state index in [2.05, 4.69) is 9.72 Å². The number of aryl methyl sites for hydroxylation is 1. The number of carbonyl (C=O) groups is 1. The molecule has 3 nitrogen and oxygen atoms in total. The van der Waals surface area contributed by atoms with Crippen molar-refractivity contribution in [3.8, 4) is 0 Å². The summed E-state index contributed by atoms with van der Waals surface area (Å²) in [6.07, 6.45) is 1.74. The van der Waals surface area contributed by atoms with Crippen LogP contribution < -0.4 is 0 Å². The average molecular weight is 207 g/mol. The first-order chi connectivity index (χ1) is 6.72. The van der Waals surface area contributed by atoms with Gasteiger partial charge in [0.1, 0.15) is 4.88 Å². The minimum Gasteiger partial charge on any atom is -0.465 e. The second kappa shape index (κ2) is 3.38. The molecule has 0 saturated heterocycles. The number of methoxy groups -OCH3 is 1. The second-order valence-electron chi connectivity index (χ2n) is 2.94. The maximum absolute atomic E-state index is 11.3. The molecule has 0 aromatic carbocycles. The highest BCUT2D eigenvalue weighted by Gasteiger charge is 2.11. The molecule has 0 fully saturated rings. The van der Waals surface area contributed by atoms with Gasteiger partial charge < -0.3 is 4.74 Å². The van der Waals surface area contributed by atoms with Crippen LogP contribution in [0, 0.1) is 6.92 Å². The summed E-state index contributed by atoms with van der Waals surface area (Å²) in [5, 5.41) is 0. The first-order valence-corrected chi connectivity index (χ1v) is 4.97. The largest absolute Gasteiger partial charge is 0.465 e. The van der Waals surface area contributed by atoms with Gasteiger partial charge in [0, 0.05) is 6.20 Å². The van der Waals surface area contributed by atoms with Crippen molar-refractivity contribution in [2.24, 2.45) is 0 Å². The van der Waals surface area contributed by atoms with Gasteiger partial charge in [-0.2, -0.15) is 0 Å². The molecule has 0 atom stereocenters. The van der Waals surface area contributed by atoms with Gasteiger partial charge >= 0.3 is 5.97 Å². The molecule has 0 spiro atoms. The van der Waals surface area contributed by atoms with Crippen LogP contribution in [0.15, 0.2) is 18.3 Å². The normalized spacial score (nSPS) is 10.4. The number of fused-ring (bicyclic) bond motifs is 1. The zero-order chi connectivity index (χ0) is 10.1. The first-order valence-electron chi connectivity index (χ1n) is 4.16. The van der Waals surface area contributed by atoms with Crippen LogP contribution in [-0.2, 0) is 4.74 Å². The van der Waals surface area contributed by atoms with Gasteiger partial charge in [-0.05, 0) is 24.6 Å². The van der Waals surface area contributed by atoms with E-state index in [0.29, 0.717) is 4.88 Å². The highest BCUT2D eigenvalue weighted by Crippen LogP contribution is 2.26. The smallest absolute Gasteiger partial charge is 0.348 e. The third-order valence-corrected chi connectivity index (χ3v) is 3.24. The number of aromatic nitrogens is 1. The van der Waals surface area contributed by atoms with Gasteiger partial charge in [0.05, 0.1) is 17.3 Å². The molecule has 14 heavy (non-hydrogen) atoms. The predicted molar refractivity (Wildman–Crippen MR) is 55.7 cm³/mol. The Hall–Kier alpha value is -1.42. The van der Waals surface area contributed by atoms with Crippen LogP contribution >= 0.6 is 11.3 Å². The standard InChI is InChI=1S/C10H9NO2S/c1-6-3-4-11-7-5-8(10(12)13-2)14-9(6)7/h3-5H,1-2H3. The van der Waals surface area contributed by atoms with Crippen LogP contribution in [0.5, 0.6) is 0 Å². The molecule has 4 heteroatoms. The Bertz CT molecular complexity index is 490. The van der Waals surface area contributed by atoms with Crippen molar-refractivity contribution < 1.29 is 9.53 Å². The van der Waals surface area contributed by atoms with Crippen LogP contribution in [0.1, 0.15) is 15.2 Å². The number of pyridine rings is 1. The predicted octanol–water partition coefficient (Wildman–Crippen LogP) is 2.39. The van der Waals surface area contributed by atoms with E-state index in [1.165, 1.54) is 18.4 Å². The topological polar surface area (TPSA) is 39.2 Å². The summed E-state index contributed by atoms with van der Waals surface area (Å²) >= 11 is 1.42. The van der Waals surface area contributed by atoms with Gasteiger partial charge in [-0.1, -0.05) is 0 Å². The number of nitrogens with zero attached hydrogens (tertiary/aromatic N) is 1. The number of ether oxygens (including phenoxy) is 1. The monoisotopic (exact) mass is 207 g/mol. The van der Waals surface area contributed by atoms with Crippen molar-refractivity contribution in [3.63, 3.8) is 0 Å². The van der Waals surface area contributed by atoms with Crippen molar-refractivity contribution in [2.75, 3.05) is 7.11 Å². The highest BCUT2D eigenvalue weighted by molar-refractivity contribution is 7.20. The van der Waals surface area contributed by atoms with Gasteiger partial charge in [0.25, 0.3) is 0 Å². The van der Waals surface area contributed by atoms with Crippen LogP contribution in [0.3, 0.4) is 0 Å². The number of hydrogen-bond acceptors (Lipinski definition) is 4. The van der Waals surface area contributed by atoms with E-state index in [0.717, 1.165) is 15.8 Å². The quantitative estimate of drug-likeness (QED) is 0.674. The van der Waals surface area contributed by atoms with E-state index >= 15 is 0 Å². The van der Waals surface area contributed by atoms with E-state index in [9.17, 15) is 4.79 Å². The van der Waals surface area contributed by atoms with Crippen LogP contribution in [0.2, 0.25) is 0 Å². The Labute approximate surface area is 85.3 Å². The molecule has 72 valence electrons. The molecule has 0 amide bonds. The lowest BCUT2D eigenvalue weighted by Crippen LogP contribution is -1.96. The molecule has 0 bridgehead atoms. The summed E-state index contributed by atoms with van der Waals surface area (Å²) in [5.74, 6) is -0.299. The molecule has 2 aromatic heterocycles. The summed E-state index contributed by atoms with van der Waals surface area (Å²) in [5.41, 5.74) is 1.99. The van der Waals surface area contributed by atoms with Gasteiger partial charge in [-0.25, -0.2) is 4.79 Å². The second-order valence-corrected chi connectivity index (χ2v) is 4.00. The molecule has 0 unspecified atom stereocenters. The minimum absolute atomic E-state index is 0.299. The highest BCUT2D eigenvalue weighted by atomic mass is 32.1. The Morgan fingerprint density at radius 2 is 2.36 bits per heavy atom. The molecule has 0 aliphatic rings. The number of rotatable bonds is 1. The van der Waals surface area contributed by atoms with Gasteiger partial charge in [0.2, 0.25) is 0 Å². The summed E-state index contributed by atoms with van der Waals surface area (Å²) in [7, 11) is 1.38. The van der Waals surface area contributed by atoms with Crippen LogP contribution in [0.4, 0.5) is 0 Å². The maximum Gasteiger partial charge on any atom is 0.348 e. The van der Waals surface area contributed by atoms with Crippen LogP contribution in [0.25, 0.3) is 10.2 Å². The average Bonchev–Trinajstić information content (AvgIpc) is 2.62. The molecule has 0 radical (unpaired) electrons. The molecule has 0 N–H and O–H groups in total. The Balaban J connectivity index is 2.62. The van der Waals surface area contributed by atoms with Gasteiger partial charge in [-0.3, -0.25) is 4.98 Å². The van der Waals surface area contributed by atoms with E-state index in [1.54, 1.807) is 12.3 Å². The Morgan fingerprint density at radius 3 is 3.00 bits per heavy atom. The molecule has 2 heterocycles. The molecule has 2 aromatic rings. The molecular weight excluding hydrogens is 198 g/mol. The van der Waals surface area contributed by atoms with Crippen LogP contribution in [-0.4, -0.2) is 18.1 Å². The van der Waals surface area contributed by atoms with Crippen molar-refractivity contribution in [1.82, 2.24) is 4.98 Å². The third-order valence-electron chi connectivity index (χ3n) is 2.00. The fraction of sp³-hybridized carbons (Fsp3) is 0.200. The number of thiophene rings is 1. The van der Waals surface area contributed by atoms with Crippen molar-refractivity contribution in [2.45, 2.75) is 6.92 Å². The molecule has 2 rings (SSSR count). The molecule has 0 aliphatic carbocycles. The lowest BCUT2D eigenvalue weighted by Gasteiger charge is -1.91. The molecule has 0 saturated carbocycles. The Morgan fingerprint density at radius 1 is 1.57 bits per heavy atom. The van der Waals surface area contributed by atoms with E-state index in [4.69, 9.17) is 0 Å². The van der Waals surface area contributed by atoms with Crippen molar-refractivity contribution in [3.05, 3.63) is 28.8 Å². The zero-order valence-electron chi connectivity index (χ0n) is 7.90. The third kappa shape index (κ3) is 1.37. The fourth-order valence-corrected chi connectivity index (χ4v) is 2.27. The van der Waals surface area contributed by atoms with Gasteiger partial charge in [0.15, 0.2) is 0 Å². The fourth-order valence-electron chi connectivity index (χ4n) is 1.27. The SMILES string of the molecule is COC(=O)c1cc2nccc(C)c2s1. The lowest BCUT2D eigenvalue weighted by atomic mass is 10.3. The Kier molecular flexibility index (Phi) is 2.21. The summed E-state index contributed by atoms with van der Waals surface area (Å²) in [4.78, 5) is 16.0. The van der Waals surface area contributed by atoms with Crippen molar-refractivity contribution in [1.29, 1.82) is 0 Å². The van der Waals surface area contributed by atoms with E-state index in [-0.39, 0.29) is 5.97 Å². The van der Waals surface area contributed by atoms with E-state index in [1.807, 2.05) is 13.0 Å². The summed E-state index contributed by atoms with van der Waals surface area (Å²) in [6.45, 7) is 2.00. The van der Waals surface area contributed by atoms with E-state index < -0.39 is 0 Å². The van der Waals surface area contributed by atoms with Crippen molar-refractivity contribution >= 4 is 27.5 Å². The maximum atomic E-state index is 11.3. The summed E-state index contributed by atoms with van der Waals surface area (Å²) < 4.78 is 5.70. The molecule has 0 aliphatic heterocycles. The lowest BCUT2D eigenvalue weighted by molar-refractivity contribution is 0.0606. The number of esters is 1. The summed E-state index contributed by atoms with van der Waals surface area (Å²) in [6, 6.07) is 3.69.